The minimum atomic E-state index is -0.130. The van der Waals surface area contributed by atoms with E-state index >= 15 is 0 Å². The first-order valence-electron chi connectivity index (χ1n) is 8.00. The van der Waals surface area contributed by atoms with E-state index in [4.69, 9.17) is 9.47 Å². The summed E-state index contributed by atoms with van der Waals surface area (Å²) in [5.41, 5.74) is 1.68. The molecule has 1 atom stereocenters. The summed E-state index contributed by atoms with van der Waals surface area (Å²) < 4.78 is 11.1. The Kier molecular flexibility index (Phi) is 8.65. The number of benzene rings is 1. The molecule has 1 aliphatic heterocycles. The SMILES string of the molecule is CNCC(C)C(=O)Nc1cccc(-c2ccc3c(c2)OCCO3)n1.Cl.Cl. The first-order valence-corrected chi connectivity index (χ1v) is 8.00. The molecule has 6 nitrogen and oxygen atoms in total. The monoisotopic (exact) mass is 399 g/mol. The second-order valence-electron chi connectivity index (χ2n) is 5.71. The molecule has 8 heteroatoms. The largest absolute Gasteiger partial charge is 0.486 e. The van der Waals surface area contributed by atoms with Crippen LogP contribution in [0.25, 0.3) is 11.3 Å². The van der Waals surface area contributed by atoms with Crippen LogP contribution in [0.4, 0.5) is 5.82 Å². The molecule has 26 heavy (non-hydrogen) atoms. The van der Waals surface area contributed by atoms with Crippen LogP contribution in [0.5, 0.6) is 11.5 Å². The maximum Gasteiger partial charge on any atom is 0.229 e. The smallest absolute Gasteiger partial charge is 0.229 e. The van der Waals surface area contributed by atoms with Gasteiger partial charge in [0, 0.05) is 18.0 Å². The summed E-state index contributed by atoms with van der Waals surface area (Å²) in [5.74, 6) is 1.81. The molecule has 1 amide bonds. The second kappa shape index (κ2) is 10.2. The molecule has 0 aliphatic carbocycles. The Balaban J connectivity index is 0.00000169. The molecule has 0 spiro atoms. The number of carbonyl (C=O) groups is 1. The van der Waals surface area contributed by atoms with Crippen LogP contribution in [0.2, 0.25) is 0 Å². The van der Waals surface area contributed by atoms with Crippen LogP contribution >= 0.6 is 24.8 Å². The topological polar surface area (TPSA) is 72.5 Å². The molecule has 1 aromatic carbocycles. The highest BCUT2D eigenvalue weighted by Crippen LogP contribution is 2.34. The number of ether oxygens (including phenoxy) is 2. The molecular weight excluding hydrogens is 377 g/mol. The number of carbonyl (C=O) groups excluding carboxylic acids is 1. The zero-order valence-corrected chi connectivity index (χ0v) is 16.3. The van der Waals surface area contributed by atoms with Crippen LogP contribution in [-0.2, 0) is 4.79 Å². The van der Waals surface area contributed by atoms with Crippen molar-refractivity contribution in [3.05, 3.63) is 36.4 Å². The number of rotatable bonds is 5. The van der Waals surface area contributed by atoms with E-state index in [1.54, 1.807) is 6.07 Å². The summed E-state index contributed by atoms with van der Waals surface area (Å²) in [5, 5.41) is 5.85. The Labute approximate surface area is 165 Å². The molecule has 1 aliphatic rings. The van der Waals surface area contributed by atoms with Crippen molar-refractivity contribution in [1.29, 1.82) is 0 Å². The van der Waals surface area contributed by atoms with Gasteiger partial charge >= 0.3 is 0 Å². The Hall–Kier alpha value is -2.02. The summed E-state index contributed by atoms with van der Waals surface area (Å²) in [7, 11) is 1.82. The highest BCUT2D eigenvalue weighted by Gasteiger charge is 2.15. The number of halogens is 2. The van der Waals surface area contributed by atoms with Crippen molar-refractivity contribution in [1.82, 2.24) is 10.3 Å². The fourth-order valence-electron chi connectivity index (χ4n) is 2.52. The highest BCUT2D eigenvalue weighted by molar-refractivity contribution is 5.91. The van der Waals surface area contributed by atoms with Crippen molar-refractivity contribution in [3.8, 4) is 22.8 Å². The maximum absolute atomic E-state index is 12.1. The van der Waals surface area contributed by atoms with Crippen molar-refractivity contribution in [2.24, 2.45) is 5.92 Å². The minimum absolute atomic E-state index is 0. The van der Waals surface area contributed by atoms with E-state index in [0.29, 0.717) is 25.6 Å². The van der Waals surface area contributed by atoms with E-state index in [9.17, 15) is 4.79 Å². The van der Waals surface area contributed by atoms with E-state index in [0.717, 1.165) is 22.8 Å². The van der Waals surface area contributed by atoms with Gasteiger partial charge in [-0.1, -0.05) is 13.0 Å². The van der Waals surface area contributed by atoms with Crippen LogP contribution in [0.15, 0.2) is 36.4 Å². The number of pyridine rings is 1. The van der Waals surface area contributed by atoms with E-state index in [2.05, 4.69) is 15.6 Å². The molecule has 1 unspecified atom stereocenters. The summed E-state index contributed by atoms with van der Waals surface area (Å²) in [6.45, 7) is 3.60. The fraction of sp³-hybridized carbons (Fsp3) is 0.333. The third-order valence-electron chi connectivity index (χ3n) is 3.80. The van der Waals surface area contributed by atoms with Crippen LogP contribution < -0.4 is 20.1 Å². The van der Waals surface area contributed by atoms with Crippen molar-refractivity contribution < 1.29 is 14.3 Å². The van der Waals surface area contributed by atoms with Gasteiger partial charge in [0.1, 0.15) is 19.0 Å². The van der Waals surface area contributed by atoms with Crippen molar-refractivity contribution in [2.45, 2.75) is 6.92 Å². The Bertz CT molecular complexity index is 743. The molecule has 1 aromatic heterocycles. The predicted molar refractivity (Wildman–Crippen MR) is 107 cm³/mol. The standard InChI is InChI=1S/C18H21N3O3.2ClH/c1-12(11-19-2)18(22)21-17-5-3-4-14(20-17)13-6-7-15-16(10-13)24-9-8-23-15;;/h3-7,10,12,19H,8-9,11H2,1-2H3,(H,20,21,22);2*1H. The second-order valence-corrected chi connectivity index (χ2v) is 5.71. The molecule has 0 saturated carbocycles. The summed E-state index contributed by atoms with van der Waals surface area (Å²) in [4.78, 5) is 16.6. The van der Waals surface area contributed by atoms with Crippen molar-refractivity contribution in [2.75, 3.05) is 32.1 Å². The van der Waals surface area contributed by atoms with E-state index < -0.39 is 0 Å². The fourth-order valence-corrected chi connectivity index (χ4v) is 2.52. The third kappa shape index (κ3) is 5.24. The van der Waals surface area contributed by atoms with Crippen LogP contribution in [-0.4, -0.2) is 37.7 Å². The van der Waals surface area contributed by atoms with Gasteiger partial charge in [0.15, 0.2) is 11.5 Å². The van der Waals surface area contributed by atoms with Gasteiger partial charge in [0.2, 0.25) is 5.91 Å². The molecule has 0 bridgehead atoms. The minimum Gasteiger partial charge on any atom is -0.486 e. The number of fused-ring (bicyclic) bond motifs is 1. The predicted octanol–water partition coefficient (Wildman–Crippen LogP) is 3.16. The lowest BCUT2D eigenvalue weighted by atomic mass is 10.1. The maximum atomic E-state index is 12.1. The number of nitrogens with zero attached hydrogens (tertiary/aromatic N) is 1. The van der Waals surface area contributed by atoms with Crippen molar-refractivity contribution >= 4 is 36.5 Å². The van der Waals surface area contributed by atoms with Gasteiger partial charge in [-0.2, -0.15) is 0 Å². The number of nitrogens with one attached hydrogen (secondary N) is 2. The van der Waals surface area contributed by atoms with Gasteiger partial charge in [0.25, 0.3) is 0 Å². The number of amides is 1. The molecule has 2 aromatic rings. The third-order valence-corrected chi connectivity index (χ3v) is 3.80. The molecule has 3 rings (SSSR count). The van der Waals surface area contributed by atoms with Crippen LogP contribution in [0.3, 0.4) is 0 Å². The van der Waals surface area contributed by atoms with Gasteiger partial charge < -0.3 is 20.1 Å². The molecule has 0 fully saturated rings. The van der Waals surface area contributed by atoms with E-state index in [1.165, 1.54) is 0 Å². The summed E-state index contributed by atoms with van der Waals surface area (Å²) in [6, 6.07) is 11.3. The molecular formula is C18H23Cl2N3O3. The molecule has 2 N–H and O–H groups in total. The van der Waals surface area contributed by atoms with Crippen LogP contribution in [0.1, 0.15) is 6.92 Å². The van der Waals surface area contributed by atoms with Crippen molar-refractivity contribution in [3.63, 3.8) is 0 Å². The quantitative estimate of drug-likeness (QED) is 0.807. The van der Waals surface area contributed by atoms with Gasteiger partial charge in [0.05, 0.1) is 5.69 Å². The number of anilines is 1. The average molecular weight is 400 g/mol. The lowest BCUT2D eigenvalue weighted by Crippen LogP contribution is -2.28. The van der Waals surface area contributed by atoms with E-state index in [1.807, 2.05) is 44.3 Å². The Morgan fingerprint density at radius 1 is 1.15 bits per heavy atom. The first-order chi connectivity index (χ1) is 11.7. The lowest BCUT2D eigenvalue weighted by Gasteiger charge is -2.19. The van der Waals surface area contributed by atoms with E-state index in [-0.39, 0.29) is 36.6 Å². The van der Waals surface area contributed by atoms with Crippen LogP contribution in [0, 0.1) is 5.92 Å². The molecule has 142 valence electrons. The van der Waals surface area contributed by atoms with Gasteiger partial charge in [-0.25, -0.2) is 4.98 Å². The number of aromatic nitrogens is 1. The first kappa shape index (κ1) is 22.0. The van der Waals surface area contributed by atoms with Gasteiger partial charge in [-0.15, -0.1) is 24.8 Å². The number of hydrogen-bond acceptors (Lipinski definition) is 5. The molecule has 2 heterocycles. The zero-order chi connectivity index (χ0) is 16.9. The number of hydrogen-bond donors (Lipinski definition) is 2. The van der Waals surface area contributed by atoms with Gasteiger partial charge in [-0.05, 0) is 37.4 Å². The molecule has 0 saturated heterocycles. The zero-order valence-electron chi connectivity index (χ0n) is 14.7. The Morgan fingerprint density at radius 3 is 2.62 bits per heavy atom. The normalized spacial score (nSPS) is 13.0. The lowest BCUT2D eigenvalue weighted by molar-refractivity contribution is -0.119. The Morgan fingerprint density at radius 2 is 1.88 bits per heavy atom. The van der Waals surface area contributed by atoms with Gasteiger partial charge in [-0.3, -0.25) is 4.79 Å². The summed E-state index contributed by atoms with van der Waals surface area (Å²) >= 11 is 0. The highest BCUT2D eigenvalue weighted by atomic mass is 35.5. The average Bonchev–Trinajstić information content (AvgIpc) is 2.61. The molecule has 0 radical (unpaired) electrons. The summed E-state index contributed by atoms with van der Waals surface area (Å²) in [6.07, 6.45) is 0.